The Hall–Kier alpha value is -1.22. The minimum absolute atomic E-state index is 0.224. The molecule has 3 fully saturated rings. The molecule has 2 bridgehead atoms. The summed E-state index contributed by atoms with van der Waals surface area (Å²) < 4.78 is 0. The van der Waals surface area contributed by atoms with Crippen LogP contribution in [-0.4, -0.2) is 35.1 Å². The number of nitrogens with two attached hydrogens (primary N) is 1. The van der Waals surface area contributed by atoms with E-state index in [-0.39, 0.29) is 5.54 Å². The fraction of sp³-hybridized carbons (Fsp3) is 0.760. The number of hydrogen-bond acceptors (Lipinski definition) is 3. The summed E-state index contributed by atoms with van der Waals surface area (Å²) in [4.78, 5) is 5.60. The third-order valence-electron chi connectivity index (χ3n) is 8.33. The van der Waals surface area contributed by atoms with Gasteiger partial charge in [-0.05, 0) is 89.2 Å². The summed E-state index contributed by atoms with van der Waals surface area (Å²) in [5.41, 5.74) is 8.76. The van der Waals surface area contributed by atoms with Crippen LogP contribution in [0.4, 0.5) is 11.4 Å². The number of fused-ring (bicyclic) bond motifs is 2. The quantitative estimate of drug-likeness (QED) is 0.662. The van der Waals surface area contributed by atoms with Gasteiger partial charge in [-0.25, -0.2) is 0 Å². The second kappa shape index (κ2) is 7.89. The zero-order valence-electron chi connectivity index (χ0n) is 18.5. The molecular weight excluding hydrogens is 342 g/mol. The molecule has 0 radical (unpaired) electrons. The van der Waals surface area contributed by atoms with Crippen LogP contribution < -0.4 is 10.6 Å². The SMILES string of the molecule is CCN(c1ccccc1N)[C@@]1(C)C[C@H]2CC[C@@H](C1)N2[C@H]1CC[C@@H](C(C)C)CC1. The lowest BCUT2D eigenvalue weighted by molar-refractivity contribution is 0.0240. The van der Waals surface area contributed by atoms with Crippen molar-refractivity contribution in [2.45, 2.75) is 103 Å². The van der Waals surface area contributed by atoms with Crippen molar-refractivity contribution in [1.29, 1.82) is 0 Å². The molecule has 2 heterocycles. The van der Waals surface area contributed by atoms with E-state index in [4.69, 9.17) is 5.73 Å². The van der Waals surface area contributed by atoms with Crippen molar-refractivity contribution in [2.75, 3.05) is 17.2 Å². The highest BCUT2D eigenvalue weighted by atomic mass is 15.3. The lowest BCUT2D eigenvalue weighted by Crippen LogP contribution is -2.60. The highest BCUT2D eigenvalue weighted by molar-refractivity contribution is 5.68. The summed E-state index contributed by atoms with van der Waals surface area (Å²) in [6.45, 7) is 10.6. The Morgan fingerprint density at radius 2 is 1.57 bits per heavy atom. The zero-order chi connectivity index (χ0) is 19.9. The van der Waals surface area contributed by atoms with Gasteiger partial charge in [-0.1, -0.05) is 26.0 Å². The summed E-state index contributed by atoms with van der Waals surface area (Å²) in [7, 11) is 0. The normalized spacial score (nSPS) is 36.0. The molecule has 2 N–H and O–H groups in total. The highest BCUT2D eigenvalue weighted by Gasteiger charge is 2.50. The molecule has 2 aliphatic heterocycles. The number of nitrogen functional groups attached to an aromatic ring is 1. The molecule has 1 aromatic rings. The third kappa shape index (κ3) is 3.56. The molecule has 1 saturated carbocycles. The van der Waals surface area contributed by atoms with Gasteiger partial charge >= 0.3 is 0 Å². The molecule has 1 aromatic carbocycles. The molecule has 3 atom stereocenters. The molecule has 2 saturated heterocycles. The number of nitrogens with zero attached hydrogens (tertiary/aromatic N) is 2. The topological polar surface area (TPSA) is 32.5 Å². The lowest BCUT2D eigenvalue weighted by Gasteiger charge is -2.54. The molecule has 3 aliphatic rings. The van der Waals surface area contributed by atoms with Crippen LogP contribution in [0.5, 0.6) is 0 Å². The van der Waals surface area contributed by atoms with Gasteiger partial charge in [0.1, 0.15) is 0 Å². The molecular formula is C25H41N3. The Morgan fingerprint density at radius 1 is 1.00 bits per heavy atom. The van der Waals surface area contributed by atoms with E-state index < -0.39 is 0 Å². The minimum Gasteiger partial charge on any atom is -0.397 e. The van der Waals surface area contributed by atoms with Gasteiger partial charge in [0.2, 0.25) is 0 Å². The van der Waals surface area contributed by atoms with Gasteiger partial charge in [-0.15, -0.1) is 0 Å². The van der Waals surface area contributed by atoms with Crippen LogP contribution in [0.2, 0.25) is 0 Å². The average molecular weight is 384 g/mol. The standard InChI is InChI=1S/C25H41N3/c1-5-27(24-9-7-6-8-23(24)26)25(4)16-21-14-15-22(17-25)28(21)20-12-10-19(11-13-20)18(2)3/h6-9,18-22H,5,10-17,26H2,1-4H3/t19-,20+,21-,22+,25+. The molecule has 0 aromatic heterocycles. The average Bonchev–Trinajstić information content (AvgIpc) is 2.96. The second-order valence-electron chi connectivity index (χ2n) is 10.4. The van der Waals surface area contributed by atoms with Crippen molar-refractivity contribution in [3.63, 3.8) is 0 Å². The molecule has 3 nitrogen and oxygen atoms in total. The largest absolute Gasteiger partial charge is 0.397 e. The Labute approximate surface area is 172 Å². The van der Waals surface area contributed by atoms with Crippen LogP contribution in [0, 0.1) is 11.8 Å². The Morgan fingerprint density at radius 3 is 2.11 bits per heavy atom. The van der Waals surface area contributed by atoms with Crippen molar-refractivity contribution in [3.8, 4) is 0 Å². The van der Waals surface area contributed by atoms with Gasteiger partial charge in [0, 0.05) is 30.2 Å². The van der Waals surface area contributed by atoms with Crippen LogP contribution in [0.1, 0.15) is 79.1 Å². The first-order chi connectivity index (χ1) is 13.4. The van der Waals surface area contributed by atoms with E-state index in [0.717, 1.165) is 42.2 Å². The second-order valence-corrected chi connectivity index (χ2v) is 10.4. The molecule has 28 heavy (non-hydrogen) atoms. The predicted octanol–water partition coefficient (Wildman–Crippen LogP) is 5.70. The number of piperidine rings is 1. The summed E-state index contributed by atoms with van der Waals surface area (Å²) in [6.07, 6.45) is 11.1. The summed E-state index contributed by atoms with van der Waals surface area (Å²) >= 11 is 0. The maximum absolute atomic E-state index is 6.38. The van der Waals surface area contributed by atoms with E-state index >= 15 is 0 Å². The van der Waals surface area contributed by atoms with Crippen molar-refractivity contribution in [2.24, 2.45) is 11.8 Å². The predicted molar refractivity (Wildman–Crippen MR) is 121 cm³/mol. The lowest BCUT2D eigenvalue weighted by atomic mass is 9.76. The monoisotopic (exact) mass is 383 g/mol. The van der Waals surface area contributed by atoms with E-state index in [1.165, 1.54) is 57.1 Å². The first-order valence-electron chi connectivity index (χ1n) is 11.8. The van der Waals surface area contributed by atoms with Gasteiger partial charge in [0.15, 0.2) is 0 Å². The van der Waals surface area contributed by atoms with Crippen molar-refractivity contribution < 1.29 is 0 Å². The summed E-state index contributed by atoms with van der Waals surface area (Å²) in [5, 5.41) is 0. The number of hydrogen-bond donors (Lipinski definition) is 1. The van der Waals surface area contributed by atoms with Crippen molar-refractivity contribution in [1.82, 2.24) is 4.90 Å². The number of para-hydroxylation sites is 2. The van der Waals surface area contributed by atoms with E-state index in [9.17, 15) is 0 Å². The molecule has 0 spiro atoms. The van der Waals surface area contributed by atoms with Gasteiger partial charge in [-0.3, -0.25) is 4.90 Å². The summed E-state index contributed by atoms with van der Waals surface area (Å²) in [6, 6.07) is 10.8. The Bertz CT molecular complexity index is 648. The molecule has 3 heteroatoms. The molecule has 4 rings (SSSR count). The van der Waals surface area contributed by atoms with Crippen LogP contribution in [0.25, 0.3) is 0 Å². The number of anilines is 2. The van der Waals surface area contributed by atoms with Crippen molar-refractivity contribution in [3.05, 3.63) is 24.3 Å². The highest BCUT2D eigenvalue weighted by Crippen LogP contribution is 2.48. The fourth-order valence-electron chi connectivity index (χ4n) is 6.95. The van der Waals surface area contributed by atoms with Gasteiger partial charge in [-0.2, -0.15) is 0 Å². The van der Waals surface area contributed by atoms with E-state index in [0.29, 0.717) is 0 Å². The smallest absolute Gasteiger partial charge is 0.0604 e. The van der Waals surface area contributed by atoms with Gasteiger partial charge in [0.25, 0.3) is 0 Å². The maximum Gasteiger partial charge on any atom is 0.0604 e. The van der Waals surface area contributed by atoms with Crippen LogP contribution in [0.3, 0.4) is 0 Å². The van der Waals surface area contributed by atoms with E-state index in [1.54, 1.807) is 0 Å². The zero-order valence-corrected chi connectivity index (χ0v) is 18.5. The first kappa shape index (κ1) is 20.1. The van der Waals surface area contributed by atoms with E-state index in [2.05, 4.69) is 61.8 Å². The number of benzene rings is 1. The Balaban J connectivity index is 1.49. The van der Waals surface area contributed by atoms with Gasteiger partial charge < -0.3 is 10.6 Å². The molecule has 0 unspecified atom stereocenters. The third-order valence-corrected chi connectivity index (χ3v) is 8.33. The number of rotatable bonds is 5. The van der Waals surface area contributed by atoms with Crippen LogP contribution >= 0.6 is 0 Å². The van der Waals surface area contributed by atoms with Gasteiger partial charge in [0.05, 0.1) is 11.4 Å². The fourth-order valence-corrected chi connectivity index (χ4v) is 6.95. The molecule has 0 amide bonds. The first-order valence-corrected chi connectivity index (χ1v) is 11.8. The Kier molecular flexibility index (Phi) is 5.66. The minimum atomic E-state index is 0.224. The molecule has 156 valence electrons. The van der Waals surface area contributed by atoms with Crippen LogP contribution in [0.15, 0.2) is 24.3 Å². The summed E-state index contributed by atoms with van der Waals surface area (Å²) in [5.74, 6) is 1.82. The van der Waals surface area contributed by atoms with E-state index in [1.807, 2.05) is 0 Å². The molecule has 1 aliphatic carbocycles. The maximum atomic E-state index is 6.38. The van der Waals surface area contributed by atoms with Crippen molar-refractivity contribution >= 4 is 11.4 Å². The van der Waals surface area contributed by atoms with Crippen LogP contribution in [-0.2, 0) is 0 Å².